The van der Waals surface area contributed by atoms with Crippen molar-refractivity contribution in [2.45, 2.75) is 26.2 Å². The van der Waals surface area contributed by atoms with Gasteiger partial charge in [-0.3, -0.25) is 0 Å². The molecule has 9 heteroatoms. The Hall–Kier alpha value is -0.946. The molecule has 0 heterocycles. The van der Waals surface area contributed by atoms with Crippen LogP contribution in [-0.4, -0.2) is 6.21 Å². The van der Waals surface area contributed by atoms with Crippen molar-refractivity contribution in [2.24, 2.45) is 4.99 Å². The summed E-state index contributed by atoms with van der Waals surface area (Å²) in [6.45, 7) is 6.00. The van der Waals surface area contributed by atoms with Gasteiger partial charge >= 0.3 is 148 Å². The number of benzene rings is 2. The standard InChI is InChI=1S/C17H13F5N.2ClH.Ti/c1-17(2,3)10-6-4-5-9(7-10)8-23-16-14(21)12(19)11(18)13(20)15(16)22;;;/h4-6,8H,1-3H3;2*1H;. The molecule has 0 saturated carbocycles. The van der Waals surface area contributed by atoms with E-state index in [-0.39, 0.29) is 30.2 Å². The number of halogens is 7. The third-order valence-corrected chi connectivity index (χ3v) is 4.30. The van der Waals surface area contributed by atoms with Gasteiger partial charge in [0.1, 0.15) is 0 Å². The summed E-state index contributed by atoms with van der Waals surface area (Å²) in [5, 5.41) is 0. The van der Waals surface area contributed by atoms with Crippen molar-refractivity contribution in [3.63, 3.8) is 0 Å². The largest absolute Gasteiger partial charge is 0.147 e. The number of nitrogens with zero attached hydrogens (tertiary/aromatic N) is 1. The summed E-state index contributed by atoms with van der Waals surface area (Å²) in [6.07, 6.45) is 1.10. The van der Waals surface area contributed by atoms with Gasteiger partial charge in [0.15, 0.2) is 0 Å². The van der Waals surface area contributed by atoms with Gasteiger partial charge in [0.25, 0.3) is 0 Å². The molecule has 2 rings (SSSR count). The van der Waals surface area contributed by atoms with Gasteiger partial charge in [0, 0.05) is 0 Å². The Balaban J connectivity index is 0.00000312. The molecule has 0 amide bonds. The fourth-order valence-corrected chi connectivity index (χ4v) is 3.09. The molecule has 0 fully saturated rings. The first-order valence-electron chi connectivity index (χ1n) is 6.96. The van der Waals surface area contributed by atoms with Gasteiger partial charge in [-0.15, -0.1) is 24.8 Å². The third-order valence-electron chi connectivity index (χ3n) is 3.42. The minimum atomic E-state index is -2.20. The quantitative estimate of drug-likeness (QED) is 0.191. The second-order valence-corrected chi connectivity index (χ2v) is 6.98. The zero-order chi connectivity index (χ0) is 18.2. The predicted octanol–water partition coefficient (Wildman–Crippen LogP) is 5.45. The summed E-state index contributed by atoms with van der Waals surface area (Å²) in [4.78, 5) is 3.50. The summed E-state index contributed by atoms with van der Waals surface area (Å²) >= 11 is 1.81. The Labute approximate surface area is 172 Å². The van der Waals surface area contributed by atoms with Crippen LogP contribution in [0.3, 0.4) is 0 Å². The molecule has 1 nitrogen and oxygen atoms in total. The van der Waals surface area contributed by atoms with Crippen LogP contribution in [0.2, 0.25) is 0 Å². The first-order valence-corrected chi connectivity index (χ1v) is 7.74. The summed E-state index contributed by atoms with van der Waals surface area (Å²) in [5.41, 5.74) is 0.153. The van der Waals surface area contributed by atoms with Crippen LogP contribution in [0.4, 0.5) is 27.6 Å². The van der Waals surface area contributed by atoms with Crippen LogP contribution in [-0.2, 0) is 25.9 Å². The van der Waals surface area contributed by atoms with Crippen LogP contribution in [0.25, 0.3) is 0 Å². The second-order valence-electron chi connectivity index (χ2n) is 6.20. The minimum Gasteiger partial charge on any atom is -0.147 e. The van der Waals surface area contributed by atoms with E-state index in [9.17, 15) is 22.0 Å². The molecule has 0 aromatic heterocycles. The van der Waals surface area contributed by atoms with Crippen LogP contribution < -0.4 is 3.87 Å². The molecule has 0 bridgehead atoms. The fourth-order valence-electron chi connectivity index (χ4n) is 2.14. The molecule has 0 atom stereocenters. The van der Waals surface area contributed by atoms with Crippen LogP contribution in [0.1, 0.15) is 31.9 Å². The number of rotatable bonds is 2. The van der Waals surface area contributed by atoms with Crippen molar-refractivity contribution in [2.75, 3.05) is 0 Å². The molecular formula is C17H15Cl2F5NTi. The van der Waals surface area contributed by atoms with Gasteiger partial charge in [-0.1, -0.05) is 0 Å². The number of hydrogen-bond donors (Lipinski definition) is 0. The van der Waals surface area contributed by atoms with E-state index in [0.29, 0.717) is 5.56 Å². The van der Waals surface area contributed by atoms with Crippen molar-refractivity contribution < 1.29 is 42.4 Å². The molecule has 0 N–H and O–H groups in total. The Bertz CT molecular complexity index is 806. The molecule has 0 spiro atoms. The summed E-state index contributed by atoms with van der Waals surface area (Å²) in [6, 6.07) is 5.30. The Morgan fingerprint density at radius 3 is 1.77 bits per heavy atom. The van der Waals surface area contributed by atoms with Gasteiger partial charge in [0.2, 0.25) is 0 Å². The van der Waals surface area contributed by atoms with Gasteiger partial charge in [-0.2, -0.15) is 0 Å². The molecule has 2 aromatic rings. The Kier molecular flexibility index (Phi) is 8.97. The summed E-state index contributed by atoms with van der Waals surface area (Å²) < 4.78 is 67.5. The van der Waals surface area contributed by atoms with E-state index < -0.39 is 34.8 Å². The summed E-state index contributed by atoms with van der Waals surface area (Å²) in [7, 11) is 0. The zero-order valence-corrected chi connectivity index (χ0v) is 17.2. The molecular weight excluding hydrogens is 432 g/mol. The van der Waals surface area contributed by atoms with E-state index >= 15 is 0 Å². The van der Waals surface area contributed by atoms with Crippen molar-refractivity contribution in [1.82, 2.24) is 0 Å². The zero-order valence-electron chi connectivity index (χ0n) is 14.0. The van der Waals surface area contributed by atoms with Crippen LogP contribution >= 0.6 is 24.8 Å². The normalized spacial score (nSPS) is 11.2. The number of hydrogen-bond acceptors (Lipinski definition) is 1. The predicted molar refractivity (Wildman–Crippen MR) is 92.8 cm³/mol. The van der Waals surface area contributed by atoms with Crippen LogP contribution in [0.15, 0.2) is 23.2 Å². The smallest absolute Gasteiger partial charge is 0.147 e. The van der Waals surface area contributed by atoms with Gasteiger partial charge in [0.05, 0.1) is 0 Å². The molecule has 0 saturated heterocycles. The molecule has 0 aliphatic carbocycles. The molecule has 0 radical (unpaired) electrons. The van der Waals surface area contributed by atoms with E-state index in [0.717, 1.165) is 15.6 Å². The average Bonchev–Trinajstić information content (AvgIpc) is 2.51. The Morgan fingerprint density at radius 1 is 0.846 bits per heavy atom. The molecule has 26 heavy (non-hydrogen) atoms. The van der Waals surface area contributed by atoms with Crippen LogP contribution in [0, 0.1) is 29.1 Å². The van der Waals surface area contributed by atoms with Crippen molar-refractivity contribution in [1.29, 1.82) is 0 Å². The minimum absolute atomic E-state index is 0. The van der Waals surface area contributed by atoms with Crippen molar-refractivity contribution in [3.05, 3.63) is 58.4 Å². The van der Waals surface area contributed by atoms with E-state index in [2.05, 4.69) is 4.99 Å². The monoisotopic (exact) mass is 446 g/mol. The molecule has 0 aliphatic rings. The van der Waals surface area contributed by atoms with Gasteiger partial charge in [-0.05, 0) is 0 Å². The number of aliphatic imine (C=N–C) groups is 1. The first-order chi connectivity index (χ1) is 11.1. The first kappa shape index (κ1) is 25.1. The maximum atomic E-state index is 13.6. The van der Waals surface area contributed by atoms with E-state index in [4.69, 9.17) is 0 Å². The van der Waals surface area contributed by atoms with E-state index in [1.807, 2.05) is 26.8 Å². The SMILES string of the molecule is CC(C)(C)c1cccc(C=Nc2c(F)c(F)c(F)c(F)c2F)[c]1[Ti].Cl.Cl. The van der Waals surface area contributed by atoms with Gasteiger partial charge < -0.3 is 0 Å². The molecule has 2 aromatic carbocycles. The van der Waals surface area contributed by atoms with E-state index in [1.165, 1.54) is 0 Å². The maximum absolute atomic E-state index is 13.6. The fraction of sp³-hybridized carbons (Fsp3) is 0.235. The molecule has 0 aliphatic heterocycles. The molecule has 0 unspecified atom stereocenters. The van der Waals surface area contributed by atoms with Crippen molar-refractivity contribution in [3.8, 4) is 0 Å². The van der Waals surface area contributed by atoms with Gasteiger partial charge in [-0.25, -0.2) is 0 Å². The molecule has 141 valence electrons. The van der Waals surface area contributed by atoms with Crippen molar-refractivity contribution >= 4 is 40.6 Å². The van der Waals surface area contributed by atoms with E-state index in [1.54, 1.807) is 32.6 Å². The topological polar surface area (TPSA) is 12.4 Å². The second kappa shape index (κ2) is 9.31. The maximum Gasteiger partial charge on any atom is -0.147 e. The van der Waals surface area contributed by atoms with Crippen LogP contribution in [0.5, 0.6) is 0 Å². The summed E-state index contributed by atoms with van der Waals surface area (Å²) in [5.74, 6) is -10.1. The average molecular weight is 447 g/mol. The Morgan fingerprint density at radius 2 is 1.31 bits per heavy atom. The third kappa shape index (κ3) is 4.86.